The fourth-order valence-corrected chi connectivity index (χ4v) is 4.37. The minimum absolute atomic E-state index is 0.0498. The van der Waals surface area contributed by atoms with E-state index in [1.54, 1.807) is 17.9 Å². The molecule has 1 aromatic heterocycles. The molecule has 2 aliphatic rings. The van der Waals surface area contributed by atoms with E-state index in [2.05, 4.69) is 15.5 Å². The molecule has 2 amide bonds. The van der Waals surface area contributed by atoms with Crippen molar-refractivity contribution in [3.05, 3.63) is 12.4 Å². The molecular weight excluding hydrogens is 322 g/mol. The van der Waals surface area contributed by atoms with E-state index in [0.717, 1.165) is 0 Å². The van der Waals surface area contributed by atoms with Crippen molar-refractivity contribution in [3.8, 4) is 0 Å². The molecule has 2 aliphatic heterocycles. The SMILES string of the molecule is Cn1cc(NC(=O)C2=NN([C@H]3CCS(=O)(=O)C3)C(=O)CC2)cn1. The molecule has 0 radical (unpaired) electrons. The number of hydrogen-bond acceptors (Lipinski definition) is 6. The number of hydrogen-bond donors (Lipinski definition) is 1. The molecule has 0 aromatic carbocycles. The quantitative estimate of drug-likeness (QED) is 0.799. The molecule has 0 bridgehead atoms. The number of aryl methyl sites for hydroxylation is 1. The average Bonchev–Trinajstić information content (AvgIpc) is 3.05. The summed E-state index contributed by atoms with van der Waals surface area (Å²) in [5.41, 5.74) is 0.754. The van der Waals surface area contributed by atoms with Crippen molar-refractivity contribution in [1.82, 2.24) is 14.8 Å². The summed E-state index contributed by atoms with van der Waals surface area (Å²) in [5, 5.41) is 11.9. The number of nitrogens with one attached hydrogen (secondary N) is 1. The first-order chi connectivity index (χ1) is 10.8. The van der Waals surface area contributed by atoms with Crippen LogP contribution in [0.15, 0.2) is 17.5 Å². The highest BCUT2D eigenvalue weighted by molar-refractivity contribution is 7.91. The number of carbonyl (C=O) groups excluding carboxylic acids is 2. The molecule has 1 saturated heterocycles. The van der Waals surface area contributed by atoms with Crippen LogP contribution >= 0.6 is 0 Å². The van der Waals surface area contributed by atoms with Crippen LogP contribution in [0.25, 0.3) is 0 Å². The Balaban J connectivity index is 1.75. The van der Waals surface area contributed by atoms with E-state index in [1.165, 1.54) is 11.2 Å². The third kappa shape index (κ3) is 3.41. The molecule has 23 heavy (non-hydrogen) atoms. The Hall–Kier alpha value is -2.23. The normalized spacial score (nSPS) is 23.7. The van der Waals surface area contributed by atoms with E-state index in [1.807, 2.05) is 0 Å². The molecule has 9 nitrogen and oxygen atoms in total. The van der Waals surface area contributed by atoms with E-state index in [-0.39, 0.29) is 36.0 Å². The third-order valence-electron chi connectivity index (χ3n) is 3.84. The van der Waals surface area contributed by atoms with Gasteiger partial charge in [-0.25, -0.2) is 13.4 Å². The number of anilines is 1. The van der Waals surface area contributed by atoms with Crippen molar-refractivity contribution < 1.29 is 18.0 Å². The van der Waals surface area contributed by atoms with Crippen LogP contribution in [0.5, 0.6) is 0 Å². The molecule has 1 atom stereocenters. The van der Waals surface area contributed by atoms with Crippen molar-refractivity contribution in [2.24, 2.45) is 12.1 Å². The molecule has 0 unspecified atom stereocenters. The van der Waals surface area contributed by atoms with Gasteiger partial charge in [-0.1, -0.05) is 0 Å². The van der Waals surface area contributed by atoms with Gasteiger partial charge in [0, 0.05) is 26.1 Å². The fraction of sp³-hybridized carbons (Fsp3) is 0.538. The van der Waals surface area contributed by atoms with Crippen molar-refractivity contribution in [1.29, 1.82) is 0 Å². The van der Waals surface area contributed by atoms with Crippen LogP contribution in [0.4, 0.5) is 5.69 Å². The summed E-state index contributed by atoms with van der Waals surface area (Å²) in [4.78, 5) is 24.2. The zero-order valence-corrected chi connectivity index (χ0v) is 13.4. The van der Waals surface area contributed by atoms with E-state index >= 15 is 0 Å². The van der Waals surface area contributed by atoms with Crippen LogP contribution in [-0.2, 0) is 26.5 Å². The first-order valence-corrected chi connectivity index (χ1v) is 9.06. The second kappa shape index (κ2) is 5.76. The molecule has 124 valence electrons. The Bertz CT molecular complexity index is 782. The summed E-state index contributed by atoms with van der Waals surface area (Å²) in [6, 6.07) is -0.478. The van der Waals surface area contributed by atoms with E-state index in [4.69, 9.17) is 0 Å². The molecular formula is C13H17N5O4S. The van der Waals surface area contributed by atoms with Crippen molar-refractivity contribution in [2.75, 3.05) is 16.8 Å². The molecule has 3 rings (SSSR count). The molecule has 1 aromatic rings. The summed E-state index contributed by atoms with van der Waals surface area (Å²) in [5.74, 6) is -0.699. The van der Waals surface area contributed by atoms with Gasteiger partial charge < -0.3 is 5.32 Å². The highest BCUT2D eigenvalue weighted by Crippen LogP contribution is 2.22. The lowest BCUT2D eigenvalue weighted by molar-refractivity contribution is -0.133. The zero-order valence-electron chi connectivity index (χ0n) is 12.6. The number of nitrogens with zero attached hydrogens (tertiary/aromatic N) is 4. The molecule has 1 fully saturated rings. The maximum Gasteiger partial charge on any atom is 0.271 e. The highest BCUT2D eigenvalue weighted by atomic mass is 32.2. The van der Waals surface area contributed by atoms with E-state index < -0.39 is 21.8 Å². The smallest absolute Gasteiger partial charge is 0.271 e. The van der Waals surface area contributed by atoms with Gasteiger partial charge in [-0.15, -0.1) is 0 Å². The van der Waals surface area contributed by atoms with Crippen LogP contribution in [0.3, 0.4) is 0 Å². The topological polar surface area (TPSA) is 114 Å². The molecule has 0 aliphatic carbocycles. The van der Waals surface area contributed by atoms with Gasteiger partial charge in [0.1, 0.15) is 5.71 Å². The van der Waals surface area contributed by atoms with Gasteiger partial charge in [0.2, 0.25) is 5.91 Å². The predicted octanol–water partition coefficient (Wildman–Crippen LogP) is -0.476. The summed E-state index contributed by atoms with van der Waals surface area (Å²) in [6.45, 7) is 0. The van der Waals surface area contributed by atoms with Crippen molar-refractivity contribution >= 4 is 33.1 Å². The Morgan fingerprint density at radius 3 is 2.78 bits per heavy atom. The van der Waals surface area contributed by atoms with Gasteiger partial charge in [0.25, 0.3) is 5.91 Å². The summed E-state index contributed by atoms with van der Waals surface area (Å²) < 4.78 is 24.7. The predicted molar refractivity (Wildman–Crippen MR) is 82.4 cm³/mol. The van der Waals surface area contributed by atoms with Crippen LogP contribution < -0.4 is 5.32 Å². The van der Waals surface area contributed by atoms with Gasteiger partial charge in [-0.05, 0) is 6.42 Å². The number of aromatic nitrogens is 2. The lowest BCUT2D eigenvalue weighted by atomic mass is 10.1. The standard InChI is InChI=1S/C13H17N5O4S/c1-17-7-9(6-14-17)15-13(20)11-2-3-12(19)18(16-11)10-4-5-23(21,22)8-10/h6-7,10H,2-5,8H2,1H3,(H,15,20)/t10-/m0/s1. The number of amides is 2. The maximum absolute atomic E-state index is 12.2. The zero-order chi connectivity index (χ0) is 16.6. The Morgan fingerprint density at radius 2 is 2.17 bits per heavy atom. The number of hydrazone groups is 1. The summed E-state index contributed by atoms with van der Waals surface area (Å²) in [6.07, 6.45) is 3.90. The molecule has 3 heterocycles. The van der Waals surface area contributed by atoms with Crippen LogP contribution in [0, 0.1) is 0 Å². The van der Waals surface area contributed by atoms with Crippen molar-refractivity contribution in [2.45, 2.75) is 25.3 Å². The minimum Gasteiger partial charge on any atom is -0.318 e. The fourth-order valence-electron chi connectivity index (χ4n) is 2.68. The van der Waals surface area contributed by atoms with Crippen LogP contribution in [-0.4, -0.2) is 58.3 Å². The number of rotatable bonds is 3. The lowest BCUT2D eigenvalue weighted by Gasteiger charge is -2.27. The third-order valence-corrected chi connectivity index (χ3v) is 5.59. The van der Waals surface area contributed by atoms with Crippen LogP contribution in [0.2, 0.25) is 0 Å². The summed E-state index contributed by atoms with van der Waals surface area (Å²) >= 11 is 0. The molecule has 0 spiro atoms. The van der Waals surface area contributed by atoms with Gasteiger partial charge in [-0.3, -0.25) is 14.3 Å². The van der Waals surface area contributed by atoms with Crippen LogP contribution in [0.1, 0.15) is 19.3 Å². The lowest BCUT2D eigenvalue weighted by Crippen LogP contribution is -2.42. The monoisotopic (exact) mass is 339 g/mol. The largest absolute Gasteiger partial charge is 0.318 e. The second-order valence-electron chi connectivity index (χ2n) is 5.70. The maximum atomic E-state index is 12.2. The number of sulfone groups is 1. The van der Waals surface area contributed by atoms with Gasteiger partial charge in [0.05, 0.1) is 29.4 Å². The molecule has 10 heteroatoms. The van der Waals surface area contributed by atoms with Gasteiger partial charge >= 0.3 is 0 Å². The molecule has 0 saturated carbocycles. The minimum atomic E-state index is -3.13. The first kappa shape index (κ1) is 15.7. The van der Waals surface area contributed by atoms with Gasteiger partial charge in [-0.2, -0.15) is 10.2 Å². The number of carbonyl (C=O) groups is 2. The molecule has 1 N–H and O–H groups in total. The highest BCUT2D eigenvalue weighted by Gasteiger charge is 2.37. The van der Waals surface area contributed by atoms with Crippen molar-refractivity contribution in [3.63, 3.8) is 0 Å². The van der Waals surface area contributed by atoms with Gasteiger partial charge in [0.15, 0.2) is 9.84 Å². The Kier molecular flexibility index (Phi) is 3.92. The Morgan fingerprint density at radius 1 is 1.39 bits per heavy atom. The average molecular weight is 339 g/mol. The summed E-state index contributed by atoms with van der Waals surface area (Å²) in [7, 11) is -1.40. The Labute approximate surface area is 133 Å². The van der Waals surface area contributed by atoms with E-state index in [9.17, 15) is 18.0 Å². The van der Waals surface area contributed by atoms with E-state index in [0.29, 0.717) is 12.1 Å². The first-order valence-electron chi connectivity index (χ1n) is 7.24. The second-order valence-corrected chi connectivity index (χ2v) is 7.93.